The van der Waals surface area contributed by atoms with Crippen LogP contribution in [0.4, 0.5) is 11.8 Å². The molecule has 1 saturated heterocycles. The van der Waals surface area contributed by atoms with Crippen LogP contribution in [-0.4, -0.2) is 34.3 Å². The molecule has 5 heteroatoms. The molecule has 76 valence electrons. The Kier molecular flexibility index (Phi) is 2.49. The van der Waals surface area contributed by atoms with Crippen LogP contribution in [0.2, 0.25) is 0 Å². The number of nitrogen functional groups attached to an aromatic ring is 1. The van der Waals surface area contributed by atoms with Crippen molar-refractivity contribution in [3.05, 3.63) is 12.3 Å². The summed E-state index contributed by atoms with van der Waals surface area (Å²) in [6.07, 6.45) is 3.25. The highest BCUT2D eigenvalue weighted by Gasteiger charge is 2.18. The maximum atomic E-state index is 9.49. The minimum absolute atomic E-state index is 0.250. The Balaban J connectivity index is 2.14. The van der Waals surface area contributed by atoms with Crippen molar-refractivity contribution in [2.24, 2.45) is 0 Å². The van der Waals surface area contributed by atoms with Crippen LogP contribution in [0, 0.1) is 0 Å². The van der Waals surface area contributed by atoms with Gasteiger partial charge in [0, 0.05) is 19.3 Å². The molecule has 1 aliphatic heterocycles. The van der Waals surface area contributed by atoms with Gasteiger partial charge in [0.25, 0.3) is 0 Å². The second-order valence-electron chi connectivity index (χ2n) is 3.52. The molecule has 0 unspecified atom stereocenters. The molecule has 1 aliphatic rings. The molecule has 1 aromatic heterocycles. The first-order valence-corrected chi connectivity index (χ1v) is 4.77. The van der Waals surface area contributed by atoms with E-state index in [0.717, 1.165) is 25.2 Å². The van der Waals surface area contributed by atoms with Gasteiger partial charge < -0.3 is 15.7 Å². The maximum absolute atomic E-state index is 9.49. The van der Waals surface area contributed by atoms with Crippen LogP contribution in [0.15, 0.2) is 12.3 Å². The number of hydrogen-bond donors (Lipinski definition) is 2. The number of anilines is 2. The lowest BCUT2D eigenvalue weighted by molar-refractivity contribution is 0.154. The average molecular weight is 194 g/mol. The fraction of sp³-hybridized carbons (Fsp3) is 0.556. The highest BCUT2D eigenvalue weighted by Crippen LogP contribution is 2.17. The van der Waals surface area contributed by atoms with Crippen molar-refractivity contribution in [1.29, 1.82) is 0 Å². The molecular weight excluding hydrogens is 180 g/mol. The van der Waals surface area contributed by atoms with Gasteiger partial charge in [0.05, 0.1) is 6.10 Å². The molecule has 1 fully saturated rings. The summed E-state index contributed by atoms with van der Waals surface area (Å²) in [6, 6.07) is 1.81. The molecule has 1 atom stereocenters. The van der Waals surface area contributed by atoms with E-state index in [1.54, 1.807) is 6.20 Å². The molecule has 3 N–H and O–H groups in total. The van der Waals surface area contributed by atoms with Gasteiger partial charge in [-0.1, -0.05) is 0 Å². The maximum Gasteiger partial charge on any atom is 0.221 e. The minimum atomic E-state index is -0.250. The van der Waals surface area contributed by atoms with Crippen molar-refractivity contribution in [1.82, 2.24) is 9.97 Å². The highest BCUT2D eigenvalue weighted by molar-refractivity contribution is 5.41. The molecule has 2 heterocycles. The van der Waals surface area contributed by atoms with Gasteiger partial charge in [0.2, 0.25) is 5.95 Å². The predicted octanol–water partition coefficient (Wildman–Crippen LogP) is 0.0199. The van der Waals surface area contributed by atoms with Crippen LogP contribution in [0.5, 0.6) is 0 Å². The average Bonchev–Trinajstić information content (AvgIpc) is 2.18. The molecule has 2 rings (SSSR count). The van der Waals surface area contributed by atoms with Gasteiger partial charge in [-0.05, 0) is 18.9 Å². The van der Waals surface area contributed by atoms with Crippen LogP contribution in [0.1, 0.15) is 12.8 Å². The van der Waals surface area contributed by atoms with E-state index in [4.69, 9.17) is 5.73 Å². The Morgan fingerprint density at radius 3 is 3.14 bits per heavy atom. The number of hydrogen-bond acceptors (Lipinski definition) is 5. The third-order valence-corrected chi connectivity index (χ3v) is 2.38. The van der Waals surface area contributed by atoms with Crippen molar-refractivity contribution >= 4 is 11.8 Å². The van der Waals surface area contributed by atoms with Gasteiger partial charge in [-0.15, -0.1) is 0 Å². The van der Waals surface area contributed by atoms with E-state index in [-0.39, 0.29) is 12.1 Å². The second-order valence-corrected chi connectivity index (χ2v) is 3.52. The van der Waals surface area contributed by atoms with E-state index in [0.29, 0.717) is 6.54 Å². The Hall–Kier alpha value is -1.36. The lowest BCUT2D eigenvalue weighted by Gasteiger charge is -2.30. The summed E-state index contributed by atoms with van der Waals surface area (Å²) in [7, 11) is 0. The summed E-state index contributed by atoms with van der Waals surface area (Å²) in [4.78, 5) is 9.98. The summed E-state index contributed by atoms with van der Waals surface area (Å²) in [6.45, 7) is 1.56. The first-order valence-electron chi connectivity index (χ1n) is 4.77. The van der Waals surface area contributed by atoms with Gasteiger partial charge in [0.1, 0.15) is 5.82 Å². The van der Waals surface area contributed by atoms with Crippen LogP contribution in [-0.2, 0) is 0 Å². The summed E-state index contributed by atoms with van der Waals surface area (Å²) in [5, 5.41) is 9.49. The topological polar surface area (TPSA) is 75.3 Å². The Labute approximate surface area is 82.6 Å². The summed E-state index contributed by atoms with van der Waals surface area (Å²) >= 11 is 0. The monoisotopic (exact) mass is 194 g/mol. The molecule has 14 heavy (non-hydrogen) atoms. The van der Waals surface area contributed by atoms with E-state index in [1.165, 1.54) is 0 Å². The first kappa shape index (κ1) is 9.21. The number of aliphatic hydroxyl groups excluding tert-OH is 1. The number of rotatable bonds is 1. The number of β-amino-alcohol motifs (C(OH)–C–C–N with tert-alkyl or cyclic N) is 1. The number of aliphatic hydroxyl groups is 1. The van der Waals surface area contributed by atoms with Crippen molar-refractivity contribution in [3.8, 4) is 0 Å². The van der Waals surface area contributed by atoms with Crippen molar-refractivity contribution in [2.75, 3.05) is 23.7 Å². The molecule has 0 aliphatic carbocycles. The van der Waals surface area contributed by atoms with E-state index < -0.39 is 0 Å². The minimum Gasteiger partial charge on any atom is -0.391 e. The zero-order valence-electron chi connectivity index (χ0n) is 7.93. The van der Waals surface area contributed by atoms with E-state index in [2.05, 4.69) is 9.97 Å². The van der Waals surface area contributed by atoms with Crippen LogP contribution < -0.4 is 10.6 Å². The lowest BCUT2D eigenvalue weighted by atomic mass is 10.1. The fourth-order valence-corrected chi connectivity index (χ4v) is 1.70. The Morgan fingerprint density at radius 2 is 2.43 bits per heavy atom. The quantitative estimate of drug-likeness (QED) is 0.659. The fourth-order valence-electron chi connectivity index (χ4n) is 1.70. The summed E-state index contributed by atoms with van der Waals surface area (Å²) < 4.78 is 0. The van der Waals surface area contributed by atoms with Gasteiger partial charge in [-0.2, -0.15) is 4.98 Å². The summed E-state index contributed by atoms with van der Waals surface area (Å²) in [5.74, 6) is 1.08. The molecule has 5 nitrogen and oxygen atoms in total. The smallest absolute Gasteiger partial charge is 0.221 e. The van der Waals surface area contributed by atoms with E-state index in [1.807, 2.05) is 11.0 Å². The number of nitrogens with zero attached hydrogens (tertiary/aromatic N) is 3. The number of nitrogens with two attached hydrogens (primary N) is 1. The van der Waals surface area contributed by atoms with Gasteiger partial charge in [-0.25, -0.2) is 4.98 Å². The lowest BCUT2D eigenvalue weighted by Crippen LogP contribution is -2.38. The molecule has 0 saturated carbocycles. The molecule has 0 aromatic carbocycles. The molecular formula is C9H14N4O. The second kappa shape index (κ2) is 3.79. The molecule has 0 amide bonds. The van der Waals surface area contributed by atoms with E-state index >= 15 is 0 Å². The van der Waals surface area contributed by atoms with Crippen molar-refractivity contribution in [3.63, 3.8) is 0 Å². The van der Waals surface area contributed by atoms with Gasteiger partial charge in [0.15, 0.2) is 0 Å². The molecule has 0 bridgehead atoms. The Morgan fingerprint density at radius 1 is 1.57 bits per heavy atom. The number of piperidine rings is 1. The van der Waals surface area contributed by atoms with Crippen molar-refractivity contribution < 1.29 is 5.11 Å². The largest absolute Gasteiger partial charge is 0.391 e. The predicted molar refractivity (Wildman–Crippen MR) is 53.9 cm³/mol. The SMILES string of the molecule is Nc1nccc(N2CCC[C@H](O)C2)n1. The molecule has 1 aromatic rings. The summed E-state index contributed by atoms with van der Waals surface area (Å²) in [5.41, 5.74) is 5.49. The number of aromatic nitrogens is 2. The first-order chi connectivity index (χ1) is 6.75. The zero-order chi connectivity index (χ0) is 9.97. The standard InChI is InChI=1S/C9H14N4O/c10-9-11-4-3-8(12-9)13-5-1-2-7(14)6-13/h3-4,7,14H,1-2,5-6H2,(H2,10,11,12)/t7-/m0/s1. The van der Waals surface area contributed by atoms with E-state index in [9.17, 15) is 5.11 Å². The van der Waals surface area contributed by atoms with Gasteiger partial charge in [-0.3, -0.25) is 0 Å². The van der Waals surface area contributed by atoms with Crippen LogP contribution >= 0.6 is 0 Å². The molecule has 0 radical (unpaired) electrons. The van der Waals surface area contributed by atoms with Crippen LogP contribution in [0.25, 0.3) is 0 Å². The highest BCUT2D eigenvalue weighted by atomic mass is 16.3. The van der Waals surface area contributed by atoms with Gasteiger partial charge >= 0.3 is 0 Å². The third kappa shape index (κ3) is 1.93. The Bertz CT molecular complexity index is 317. The normalized spacial score (nSPS) is 22.4. The molecule has 0 spiro atoms. The van der Waals surface area contributed by atoms with Crippen molar-refractivity contribution in [2.45, 2.75) is 18.9 Å². The zero-order valence-corrected chi connectivity index (χ0v) is 7.93. The van der Waals surface area contributed by atoms with Crippen LogP contribution in [0.3, 0.4) is 0 Å². The third-order valence-electron chi connectivity index (χ3n) is 2.38.